The van der Waals surface area contributed by atoms with Crippen LogP contribution in [0.15, 0.2) is 28.7 Å². The molecule has 2 atom stereocenters. The number of hydroxylamine groups is 1. The van der Waals surface area contributed by atoms with Crippen molar-refractivity contribution in [3.05, 3.63) is 34.3 Å². The van der Waals surface area contributed by atoms with Crippen molar-refractivity contribution in [1.29, 1.82) is 0 Å². The molecular formula is C18H25BrN2O4. The van der Waals surface area contributed by atoms with Crippen molar-refractivity contribution in [1.82, 2.24) is 10.4 Å². The van der Waals surface area contributed by atoms with E-state index in [1.807, 2.05) is 19.9 Å². The largest absolute Gasteiger partial charge is 0.370 e. The van der Waals surface area contributed by atoms with Gasteiger partial charge < -0.3 is 9.74 Å². The zero-order valence-electron chi connectivity index (χ0n) is 15.3. The van der Waals surface area contributed by atoms with Gasteiger partial charge in [0.05, 0.1) is 5.92 Å². The predicted molar refractivity (Wildman–Crippen MR) is 98.8 cm³/mol. The van der Waals surface area contributed by atoms with Gasteiger partial charge in [-0.05, 0) is 45.4 Å². The number of benzene rings is 1. The number of rotatable bonds is 8. The average molecular weight is 413 g/mol. The number of nitrogens with one attached hydrogen (secondary N) is 1. The van der Waals surface area contributed by atoms with Gasteiger partial charge in [-0.3, -0.25) is 14.4 Å². The van der Waals surface area contributed by atoms with Crippen LogP contribution >= 0.6 is 15.9 Å². The van der Waals surface area contributed by atoms with Crippen LogP contribution in [0.5, 0.6) is 0 Å². The van der Waals surface area contributed by atoms with Gasteiger partial charge in [-0.15, -0.1) is 5.48 Å². The van der Waals surface area contributed by atoms with Gasteiger partial charge in [0.25, 0.3) is 0 Å². The molecule has 25 heavy (non-hydrogen) atoms. The number of amides is 1. The molecule has 0 fully saturated rings. The van der Waals surface area contributed by atoms with Crippen LogP contribution in [0.4, 0.5) is 0 Å². The Labute approximate surface area is 157 Å². The minimum Gasteiger partial charge on any atom is -0.370 e. The zero-order valence-corrected chi connectivity index (χ0v) is 16.8. The number of nitrogens with zero attached hydrogens (tertiary/aromatic N) is 1. The van der Waals surface area contributed by atoms with Crippen LogP contribution in [-0.4, -0.2) is 41.2 Å². The molecule has 2 unspecified atom stereocenters. The highest BCUT2D eigenvalue weighted by atomic mass is 79.9. The lowest BCUT2D eigenvalue weighted by Gasteiger charge is -2.38. The molecule has 0 radical (unpaired) electrons. The summed E-state index contributed by atoms with van der Waals surface area (Å²) in [5.41, 5.74) is 1.80. The van der Waals surface area contributed by atoms with Gasteiger partial charge in [-0.2, -0.15) is 0 Å². The quantitative estimate of drug-likeness (QED) is 0.664. The molecular weight excluding hydrogens is 388 g/mol. The van der Waals surface area contributed by atoms with E-state index in [1.165, 1.54) is 13.8 Å². The molecule has 0 aliphatic rings. The second-order valence-electron chi connectivity index (χ2n) is 5.97. The van der Waals surface area contributed by atoms with Crippen molar-refractivity contribution in [3.8, 4) is 0 Å². The van der Waals surface area contributed by atoms with E-state index in [4.69, 9.17) is 4.84 Å². The molecule has 0 aliphatic heterocycles. The van der Waals surface area contributed by atoms with E-state index < -0.39 is 17.4 Å². The number of ketones is 1. The molecule has 0 spiro atoms. The molecule has 1 aromatic rings. The highest BCUT2D eigenvalue weighted by Crippen LogP contribution is 2.33. The molecule has 1 aromatic carbocycles. The summed E-state index contributed by atoms with van der Waals surface area (Å²) in [6, 6.07) is 7.20. The summed E-state index contributed by atoms with van der Waals surface area (Å²) in [5.74, 6) is -1.92. The molecule has 1 rings (SSSR count). The van der Waals surface area contributed by atoms with Crippen molar-refractivity contribution in [3.63, 3.8) is 0 Å². The van der Waals surface area contributed by atoms with Gasteiger partial charge >= 0.3 is 5.97 Å². The topological polar surface area (TPSA) is 75.7 Å². The molecule has 1 amide bonds. The van der Waals surface area contributed by atoms with E-state index in [0.717, 1.165) is 4.47 Å². The van der Waals surface area contributed by atoms with Crippen molar-refractivity contribution >= 4 is 33.6 Å². The Morgan fingerprint density at radius 1 is 1.24 bits per heavy atom. The minimum atomic E-state index is -1.43. The van der Waals surface area contributed by atoms with Gasteiger partial charge in [0, 0.05) is 24.5 Å². The maximum atomic E-state index is 13.2. The van der Waals surface area contributed by atoms with Crippen LogP contribution in [0.1, 0.15) is 46.1 Å². The summed E-state index contributed by atoms with van der Waals surface area (Å²) in [5, 5.41) is 0. The maximum absolute atomic E-state index is 13.2. The Hall–Kier alpha value is -1.73. The molecule has 0 heterocycles. The van der Waals surface area contributed by atoms with E-state index >= 15 is 0 Å². The molecule has 0 bridgehead atoms. The van der Waals surface area contributed by atoms with E-state index in [-0.39, 0.29) is 11.7 Å². The van der Waals surface area contributed by atoms with Crippen LogP contribution in [0.2, 0.25) is 0 Å². The van der Waals surface area contributed by atoms with Gasteiger partial charge in [0.1, 0.15) is 11.3 Å². The minimum absolute atomic E-state index is 0.208. The summed E-state index contributed by atoms with van der Waals surface area (Å²) >= 11 is 3.39. The Kier molecular flexibility index (Phi) is 7.76. The summed E-state index contributed by atoms with van der Waals surface area (Å²) in [6.07, 6.45) is 0. The number of halogens is 1. The van der Waals surface area contributed by atoms with Gasteiger partial charge in [0.15, 0.2) is 0 Å². The maximum Gasteiger partial charge on any atom is 0.321 e. The van der Waals surface area contributed by atoms with Crippen LogP contribution < -0.4 is 5.48 Å². The molecule has 0 aromatic heterocycles. The normalized spacial score (nSPS) is 14.3. The SMILES string of the molecule is CCN(CC)C(=O)C(C)(NOC(C)=O)C(C(C)=O)c1cccc(Br)c1. The molecule has 0 aliphatic carbocycles. The number of carbonyl (C=O) groups is 3. The first-order valence-corrected chi connectivity index (χ1v) is 8.96. The molecule has 1 N–H and O–H groups in total. The number of likely N-dealkylation sites (N-methyl/N-ethyl adjacent to an activating group) is 1. The first kappa shape index (κ1) is 21.3. The Bertz CT molecular complexity index is 646. The van der Waals surface area contributed by atoms with Crippen molar-refractivity contribution in [2.45, 2.75) is 46.1 Å². The number of Topliss-reactive ketones (excluding diaryl/α,β-unsaturated/α-hetero) is 1. The van der Waals surface area contributed by atoms with E-state index in [1.54, 1.807) is 30.0 Å². The summed E-state index contributed by atoms with van der Waals surface area (Å²) in [7, 11) is 0. The van der Waals surface area contributed by atoms with Gasteiger partial charge in [-0.1, -0.05) is 28.1 Å². The van der Waals surface area contributed by atoms with Crippen molar-refractivity contribution < 1.29 is 19.2 Å². The van der Waals surface area contributed by atoms with Crippen LogP contribution in [0.3, 0.4) is 0 Å². The van der Waals surface area contributed by atoms with Crippen molar-refractivity contribution in [2.24, 2.45) is 0 Å². The first-order valence-electron chi connectivity index (χ1n) is 8.17. The predicted octanol–water partition coefficient (Wildman–Crippen LogP) is 2.82. The van der Waals surface area contributed by atoms with Gasteiger partial charge in [0.2, 0.25) is 5.91 Å². The standard InChI is InChI=1S/C18H25BrN2O4/c1-6-21(7-2)17(24)18(5,20-25-13(4)23)16(12(3)22)14-9-8-10-15(19)11-14/h8-11,16,20H,6-7H2,1-5H3. The lowest BCUT2D eigenvalue weighted by atomic mass is 9.77. The fourth-order valence-electron chi connectivity index (χ4n) is 2.90. The highest BCUT2D eigenvalue weighted by Gasteiger charge is 2.47. The van der Waals surface area contributed by atoms with E-state index in [0.29, 0.717) is 18.7 Å². The molecule has 6 nitrogen and oxygen atoms in total. The zero-order chi connectivity index (χ0) is 19.2. The Morgan fingerprint density at radius 3 is 2.28 bits per heavy atom. The monoisotopic (exact) mass is 412 g/mol. The van der Waals surface area contributed by atoms with Crippen LogP contribution in [0.25, 0.3) is 0 Å². The van der Waals surface area contributed by atoms with E-state index in [2.05, 4.69) is 21.4 Å². The third kappa shape index (κ3) is 5.12. The highest BCUT2D eigenvalue weighted by molar-refractivity contribution is 9.10. The smallest absolute Gasteiger partial charge is 0.321 e. The fraction of sp³-hybridized carbons (Fsp3) is 0.500. The Balaban J connectivity index is 3.46. The molecule has 0 saturated heterocycles. The first-order chi connectivity index (χ1) is 11.7. The summed E-state index contributed by atoms with van der Waals surface area (Å²) < 4.78 is 0.793. The lowest BCUT2D eigenvalue weighted by molar-refractivity contribution is -0.162. The molecule has 0 saturated carbocycles. The molecule has 7 heteroatoms. The summed E-state index contributed by atoms with van der Waals surface area (Å²) in [4.78, 5) is 43.5. The Morgan fingerprint density at radius 2 is 1.84 bits per heavy atom. The van der Waals surface area contributed by atoms with Crippen LogP contribution in [-0.2, 0) is 19.2 Å². The van der Waals surface area contributed by atoms with E-state index in [9.17, 15) is 14.4 Å². The van der Waals surface area contributed by atoms with Crippen LogP contribution in [0, 0.1) is 0 Å². The fourth-order valence-corrected chi connectivity index (χ4v) is 3.32. The third-order valence-corrected chi connectivity index (χ3v) is 4.56. The summed E-state index contributed by atoms with van der Waals surface area (Å²) in [6.45, 7) is 8.92. The third-order valence-electron chi connectivity index (χ3n) is 4.07. The number of carbonyl (C=O) groups excluding carboxylic acids is 3. The lowest BCUT2D eigenvalue weighted by Crippen LogP contribution is -2.61. The van der Waals surface area contributed by atoms with Crippen molar-refractivity contribution in [2.75, 3.05) is 13.1 Å². The molecule has 138 valence electrons. The van der Waals surface area contributed by atoms with Gasteiger partial charge in [-0.25, -0.2) is 0 Å². The second kappa shape index (κ2) is 9.10. The average Bonchev–Trinajstić information content (AvgIpc) is 2.53. The number of hydrogen-bond donors (Lipinski definition) is 1. The number of hydrogen-bond acceptors (Lipinski definition) is 5. The second-order valence-corrected chi connectivity index (χ2v) is 6.89.